The van der Waals surface area contributed by atoms with Crippen LogP contribution < -0.4 is 0 Å². The van der Waals surface area contributed by atoms with Gasteiger partial charge in [-0.2, -0.15) is 50.5 Å². The molecule has 0 aliphatic carbocycles. The summed E-state index contributed by atoms with van der Waals surface area (Å²) in [6.45, 7) is 0. The summed E-state index contributed by atoms with van der Waals surface area (Å²) < 4.78 is 1.75. The third kappa shape index (κ3) is 9.40. The molecular weight excluding hydrogens is 188 g/mol. The summed E-state index contributed by atoms with van der Waals surface area (Å²) in [6, 6.07) is 0. The van der Waals surface area contributed by atoms with Gasteiger partial charge < -0.3 is 0 Å². The van der Waals surface area contributed by atoms with Crippen molar-refractivity contribution in [1.29, 1.82) is 0 Å². The molecule has 0 amide bonds. The van der Waals surface area contributed by atoms with Crippen LogP contribution in [0.3, 0.4) is 0 Å². The van der Waals surface area contributed by atoms with Gasteiger partial charge in [0.15, 0.2) is 0 Å². The van der Waals surface area contributed by atoms with E-state index in [-0.39, 0.29) is 0 Å². The second-order valence-electron chi connectivity index (χ2n) is 1.69. The SMILES string of the molecule is S[C](S)CCC[C](S)S. The van der Waals surface area contributed by atoms with Gasteiger partial charge in [-0.3, -0.25) is 0 Å². The van der Waals surface area contributed by atoms with Gasteiger partial charge in [-0.1, -0.05) is 0 Å². The van der Waals surface area contributed by atoms with Gasteiger partial charge in [0.2, 0.25) is 0 Å². The fourth-order valence-electron chi connectivity index (χ4n) is 0.405. The van der Waals surface area contributed by atoms with Crippen LogP contribution in [0.25, 0.3) is 0 Å². The lowest BCUT2D eigenvalue weighted by molar-refractivity contribution is 0.833. The van der Waals surface area contributed by atoms with Crippen LogP contribution >= 0.6 is 50.5 Å². The van der Waals surface area contributed by atoms with E-state index in [1.54, 1.807) is 0 Å². The first-order chi connectivity index (χ1) is 4.13. The Labute approximate surface area is 78.8 Å². The van der Waals surface area contributed by atoms with Gasteiger partial charge in [-0.25, -0.2) is 0 Å². The number of hydrogen-bond acceptors (Lipinski definition) is 4. The highest BCUT2D eigenvalue weighted by Crippen LogP contribution is 2.24. The van der Waals surface area contributed by atoms with Crippen LogP contribution in [0.15, 0.2) is 0 Å². The number of hydrogen-bond donors (Lipinski definition) is 4. The summed E-state index contributed by atoms with van der Waals surface area (Å²) in [5.41, 5.74) is 0. The zero-order chi connectivity index (χ0) is 7.28. The molecular formula is C5H10S4. The summed E-state index contributed by atoms with van der Waals surface area (Å²) in [6.07, 6.45) is 2.89. The van der Waals surface area contributed by atoms with Crippen LogP contribution in [-0.4, -0.2) is 0 Å². The van der Waals surface area contributed by atoms with Crippen molar-refractivity contribution in [3.8, 4) is 0 Å². The molecule has 0 unspecified atom stereocenters. The molecule has 0 aromatic heterocycles. The van der Waals surface area contributed by atoms with Crippen LogP contribution in [0.1, 0.15) is 19.3 Å². The van der Waals surface area contributed by atoms with Gasteiger partial charge in [0, 0.05) is 0 Å². The van der Waals surface area contributed by atoms with Crippen LogP contribution in [-0.2, 0) is 0 Å². The molecule has 0 saturated carbocycles. The van der Waals surface area contributed by atoms with E-state index in [9.17, 15) is 0 Å². The van der Waals surface area contributed by atoms with E-state index in [0.29, 0.717) is 0 Å². The molecule has 2 radical (unpaired) electrons. The highest BCUT2D eigenvalue weighted by atomic mass is 32.2. The molecule has 9 heavy (non-hydrogen) atoms. The highest BCUT2D eigenvalue weighted by molar-refractivity contribution is 8.03. The van der Waals surface area contributed by atoms with Crippen molar-refractivity contribution in [2.45, 2.75) is 19.3 Å². The number of rotatable bonds is 4. The lowest BCUT2D eigenvalue weighted by Gasteiger charge is -2.02. The summed E-state index contributed by atoms with van der Waals surface area (Å²) in [7, 11) is 0. The second-order valence-corrected chi connectivity index (χ2v) is 4.55. The molecule has 0 spiro atoms. The molecule has 0 aromatic carbocycles. The molecule has 54 valence electrons. The van der Waals surface area contributed by atoms with Crippen molar-refractivity contribution < 1.29 is 0 Å². The summed E-state index contributed by atoms with van der Waals surface area (Å²) in [4.78, 5) is 0. The summed E-state index contributed by atoms with van der Waals surface area (Å²) in [5, 5.41) is 0. The van der Waals surface area contributed by atoms with E-state index < -0.39 is 0 Å². The molecule has 0 fully saturated rings. The van der Waals surface area contributed by atoms with Crippen molar-refractivity contribution in [3.63, 3.8) is 0 Å². The fourth-order valence-corrected chi connectivity index (χ4v) is 1.04. The zero-order valence-corrected chi connectivity index (χ0v) is 8.49. The van der Waals surface area contributed by atoms with E-state index in [4.69, 9.17) is 0 Å². The minimum atomic E-state index is 0.873. The van der Waals surface area contributed by atoms with Gasteiger partial charge >= 0.3 is 0 Å². The zero-order valence-electron chi connectivity index (χ0n) is 4.91. The molecule has 4 heteroatoms. The minimum Gasteiger partial charge on any atom is -0.159 e. The Morgan fingerprint density at radius 3 is 1.33 bits per heavy atom. The maximum atomic E-state index is 4.02. The maximum Gasteiger partial charge on any atom is 0.0784 e. The lowest BCUT2D eigenvalue weighted by Crippen LogP contribution is -1.81. The molecule has 0 rings (SSSR count). The molecule has 0 bridgehead atoms. The van der Waals surface area contributed by atoms with Gasteiger partial charge in [0.1, 0.15) is 0 Å². The Hall–Kier alpha value is 1.40. The Bertz CT molecular complexity index is 54.0. The number of thiol groups is 4. The first-order valence-corrected chi connectivity index (χ1v) is 4.39. The molecule has 0 nitrogen and oxygen atoms in total. The Morgan fingerprint density at radius 1 is 0.778 bits per heavy atom. The molecule has 0 aromatic rings. The predicted molar refractivity (Wildman–Crippen MR) is 56.3 cm³/mol. The van der Waals surface area contributed by atoms with Crippen LogP contribution in [0.5, 0.6) is 0 Å². The normalized spacial score (nSPS) is 11.3. The smallest absolute Gasteiger partial charge is 0.0784 e. The topological polar surface area (TPSA) is 0 Å². The second kappa shape index (κ2) is 6.13. The first kappa shape index (κ1) is 10.4. The Morgan fingerprint density at radius 2 is 1.11 bits per heavy atom. The Kier molecular flexibility index (Phi) is 7.09. The van der Waals surface area contributed by atoms with Gasteiger partial charge in [-0.15, -0.1) is 0 Å². The van der Waals surface area contributed by atoms with Gasteiger partial charge in [-0.05, 0) is 19.3 Å². The molecule has 0 aliphatic rings. The van der Waals surface area contributed by atoms with E-state index in [1.807, 2.05) is 0 Å². The maximum absolute atomic E-state index is 4.02. The lowest BCUT2D eigenvalue weighted by atomic mass is 10.3. The van der Waals surface area contributed by atoms with Crippen LogP contribution in [0, 0.1) is 9.16 Å². The van der Waals surface area contributed by atoms with E-state index in [2.05, 4.69) is 50.5 Å². The summed E-state index contributed by atoms with van der Waals surface area (Å²) >= 11 is 16.1. The predicted octanol–water partition coefficient (Wildman–Crippen LogP) is 2.85. The van der Waals surface area contributed by atoms with Crippen molar-refractivity contribution >= 4 is 50.5 Å². The molecule has 0 N–H and O–H groups in total. The quantitative estimate of drug-likeness (QED) is 0.491. The minimum absolute atomic E-state index is 0.873. The first-order valence-electron chi connectivity index (χ1n) is 2.60. The molecule has 0 aliphatic heterocycles. The molecule has 0 saturated heterocycles. The standard InChI is InChI=1S/C5H10S4/c6-4(7)2-1-3-5(8)9/h6-9H,1-3H2. The average molecular weight is 198 g/mol. The van der Waals surface area contributed by atoms with E-state index in [1.165, 1.54) is 0 Å². The molecule has 0 heterocycles. The Balaban J connectivity index is 2.91. The third-order valence-corrected chi connectivity index (χ3v) is 1.70. The van der Waals surface area contributed by atoms with Crippen molar-refractivity contribution in [2.24, 2.45) is 0 Å². The fraction of sp³-hybridized carbons (Fsp3) is 0.600. The van der Waals surface area contributed by atoms with Crippen molar-refractivity contribution in [2.75, 3.05) is 0 Å². The van der Waals surface area contributed by atoms with Crippen LogP contribution in [0.4, 0.5) is 0 Å². The van der Waals surface area contributed by atoms with Crippen molar-refractivity contribution in [1.82, 2.24) is 0 Å². The average Bonchev–Trinajstić information content (AvgIpc) is 1.63. The largest absolute Gasteiger partial charge is 0.159 e. The summed E-state index contributed by atoms with van der Waals surface area (Å²) in [5.74, 6) is 0. The third-order valence-electron chi connectivity index (χ3n) is 0.801. The van der Waals surface area contributed by atoms with E-state index >= 15 is 0 Å². The monoisotopic (exact) mass is 198 g/mol. The highest BCUT2D eigenvalue weighted by Gasteiger charge is 1.99. The van der Waals surface area contributed by atoms with Crippen molar-refractivity contribution in [3.05, 3.63) is 9.16 Å². The van der Waals surface area contributed by atoms with E-state index in [0.717, 1.165) is 28.4 Å². The van der Waals surface area contributed by atoms with Gasteiger partial charge in [0.25, 0.3) is 0 Å². The van der Waals surface area contributed by atoms with Crippen LogP contribution in [0.2, 0.25) is 0 Å². The van der Waals surface area contributed by atoms with Gasteiger partial charge in [0.05, 0.1) is 9.16 Å². The molecule has 0 atom stereocenters.